The largest absolute Gasteiger partial charge is 8.00 e. The molecule has 9 heteroatoms. The van der Waals surface area contributed by atoms with Gasteiger partial charge in [-0.3, -0.25) is 0 Å². The molecule has 12 N–H and O–H groups in total. The van der Waals surface area contributed by atoms with Crippen LogP contribution in [0.4, 0.5) is 0 Å². The Morgan fingerprint density at radius 2 is 0.333 bits per heavy atom. The predicted molar refractivity (Wildman–Crippen MR) is 31.7 cm³/mol. The molecule has 0 heterocycles. The Morgan fingerprint density at radius 1 is 0.333 bits per heavy atom. The first-order valence-electron chi connectivity index (χ1n) is 0. The maximum Gasteiger partial charge on any atom is 8.00 e. The van der Waals surface area contributed by atoms with E-state index in [0.717, 1.165) is 0 Å². The second-order valence-electron chi connectivity index (χ2n) is 0. The molecule has 0 unspecified atom stereocenters. The van der Waals surface area contributed by atoms with Crippen molar-refractivity contribution >= 4 is 0 Å². The Bertz CT molecular complexity index is 11.0. The van der Waals surface area contributed by atoms with Gasteiger partial charge in [0.1, 0.15) is 0 Å². The van der Waals surface area contributed by atoms with Crippen molar-refractivity contribution in [1.29, 1.82) is 0 Å². The molecule has 0 amide bonds. The van der Waals surface area contributed by atoms with Gasteiger partial charge in [-0.15, -0.1) is 0 Å². The third-order valence-corrected chi connectivity index (χ3v) is 0. The summed E-state index contributed by atoms with van der Waals surface area (Å²) in [5, 5.41) is 0. The van der Waals surface area contributed by atoms with Crippen LogP contribution in [0.15, 0.2) is 0 Å². The summed E-state index contributed by atoms with van der Waals surface area (Å²) in [7, 11) is 0. The summed E-state index contributed by atoms with van der Waals surface area (Å²) in [6.07, 6.45) is 0. The minimum absolute atomic E-state index is 0. The van der Waals surface area contributed by atoms with Crippen LogP contribution in [0.25, 0.3) is 36.9 Å². The summed E-state index contributed by atoms with van der Waals surface area (Å²) < 4.78 is 0. The molecule has 0 atom stereocenters. The molecule has 6 nitrogen and oxygen atoms in total. The number of hydrogen-bond donors (Lipinski definition) is 0. The van der Waals surface area contributed by atoms with Gasteiger partial charge in [0, 0.05) is 0 Å². The van der Waals surface area contributed by atoms with Gasteiger partial charge in [-0.2, -0.15) is 0 Å². The van der Waals surface area contributed by atoms with Crippen LogP contribution in [0.2, 0.25) is 0 Å². The first kappa shape index (κ1) is 862. The van der Waals surface area contributed by atoms with E-state index in [-0.39, 0.29) is 81.2 Å². The molecule has 0 fully saturated rings. The van der Waals surface area contributed by atoms with Crippen molar-refractivity contribution in [2.75, 3.05) is 0 Å². The second kappa shape index (κ2) is 612. The van der Waals surface area contributed by atoms with Crippen LogP contribution in [-0.4, -0.2) is 0 Å². The van der Waals surface area contributed by atoms with E-state index in [1.54, 1.807) is 0 Å². The van der Waals surface area contributed by atoms with Gasteiger partial charge >= 0.3 is 19.5 Å². The van der Waals surface area contributed by atoms with Crippen LogP contribution >= 0.6 is 0 Å². The van der Waals surface area contributed by atoms with Gasteiger partial charge in [0.15, 0.2) is 0 Å². The first-order valence-corrected chi connectivity index (χ1v) is 0. The molecule has 0 bridgehead atoms. The van der Waals surface area contributed by atoms with Crippen LogP contribution in [0.3, 0.4) is 0 Å². The molecule has 64 valence electrons. The van der Waals surface area contributed by atoms with Gasteiger partial charge in [0.2, 0.25) is 0 Å². The van der Waals surface area contributed by atoms with Gasteiger partial charge < -0.3 is 61.7 Å². The van der Waals surface area contributed by atoms with Gasteiger partial charge in [0.05, 0.1) is 0 Å². The number of rotatable bonds is 0. The fourth-order valence-corrected chi connectivity index (χ4v) is 0. The van der Waals surface area contributed by atoms with Crippen molar-refractivity contribution in [2.45, 2.75) is 0 Å². The average molecular weight is 268 g/mol. The molecule has 0 saturated heterocycles. The molecule has 0 spiro atoms. The SMILES string of the molecule is [Cl-].[Cl-].[NH2-].[NH2-].[NH2-].[NH2-].[NH2-].[NH2-].[Ru+8]. The molecule has 0 aromatic carbocycles. The van der Waals surface area contributed by atoms with Crippen LogP contribution in [0, 0.1) is 0 Å². The number of nitrogens with two attached hydrogens (primary N) is 6. The van der Waals surface area contributed by atoms with Crippen LogP contribution in [0.1, 0.15) is 0 Å². The predicted octanol–water partition coefficient (Wildman–Crippen LogP) is -1.69. The van der Waals surface area contributed by atoms with Gasteiger partial charge in [-0.25, -0.2) is 0 Å². The zero-order chi connectivity index (χ0) is 0. The molecule has 0 saturated carbocycles. The first-order chi connectivity index (χ1) is 0. The monoisotopic (exact) mass is 268 g/mol. The Balaban J connectivity index is 0. The summed E-state index contributed by atoms with van der Waals surface area (Å²) in [6.45, 7) is 0. The molecular weight excluding hydrogens is 256 g/mol. The Kier molecular flexibility index (Phi) is 58700. The third kappa shape index (κ3) is 468. The van der Waals surface area contributed by atoms with Crippen molar-refractivity contribution < 1.29 is 44.3 Å². The molecule has 0 aliphatic rings. The molecule has 0 aliphatic heterocycles. The quantitative estimate of drug-likeness (QED) is 0.451. The van der Waals surface area contributed by atoms with Crippen molar-refractivity contribution in [3.05, 3.63) is 36.9 Å². The Hall–Kier alpha value is 0.963. The molecule has 0 aromatic rings. The van der Waals surface area contributed by atoms with Crippen molar-refractivity contribution in [2.24, 2.45) is 0 Å². The van der Waals surface area contributed by atoms with E-state index in [0.29, 0.717) is 0 Å². The smallest absolute Gasteiger partial charge is 1.00 e. The van der Waals surface area contributed by atoms with Crippen molar-refractivity contribution in [3.63, 3.8) is 0 Å². The van der Waals surface area contributed by atoms with Crippen LogP contribution in [0.5, 0.6) is 0 Å². The summed E-state index contributed by atoms with van der Waals surface area (Å²) in [5.41, 5.74) is 0. The molecule has 0 radical (unpaired) electrons. The second-order valence-corrected chi connectivity index (χ2v) is 0. The zero-order valence-electron chi connectivity index (χ0n) is 4.57. The van der Waals surface area contributed by atoms with Gasteiger partial charge in [-0.05, 0) is 0 Å². The van der Waals surface area contributed by atoms with E-state index in [2.05, 4.69) is 0 Å². The summed E-state index contributed by atoms with van der Waals surface area (Å²) in [4.78, 5) is 0. The fraction of sp³-hybridized carbons (Fsp3) is 0. The summed E-state index contributed by atoms with van der Waals surface area (Å²) in [6, 6.07) is 0. The van der Waals surface area contributed by atoms with E-state index < -0.39 is 0 Å². The summed E-state index contributed by atoms with van der Waals surface area (Å²) in [5.74, 6) is 0. The number of halogens is 2. The van der Waals surface area contributed by atoms with E-state index in [1.165, 1.54) is 0 Å². The minimum Gasteiger partial charge on any atom is -1.00 e. The fourth-order valence-electron chi connectivity index (χ4n) is 0. The topological polar surface area (TPSA) is 201 Å². The molecule has 9 heavy (non-hydrogen) atoms. The van der Waals surface area contributed by atoms with Gasteiger partial charge in [-0.1, -0.05) is 0 Å². The Labute approximate surface area is 81.4 Å². The van der Waals surface area contributed by atoms with E-state index in [4.69, 9.17) is 0 Å². The molecule has 0 aliphatic carbocycles. The molecule has 0 aromatic heterocycles. The van der Waals surface area contributed by atoms with Crippen molar-refractivity contribution in [1.82, 2.24) is 0 Å². The maximum absolute atomic E-state index is 0. The van der Waals surface area contributed by atoms with E-state index in [1.807, 2.05) is 0 Å². The molecular formula is H12Cl2N6Ru. The zero-order valence-corrected chi connectivity index (χ0v) is 7.82. The normalized spacial score (nSPS) is 0. The number of hydrogen-bond acceptors (Lipinski definition) is 0. The van der Waals surface area contributed by atoms with Gasteiger partial charge in [0.25, 0.3) is 0 Å². The van der Waals surface area contributed by atoms with Crippen LogP contribution in [-0.2, 0) is 19.5 Å². The van der Waals surface area contributed by atoms with E-state index in [9.17, 15) is 0 Å². The molecule has 0 rings (SSSR count). The minimum atomic E-state index is 0. The Morgan fingerprint density at radius 3 is 0.333 bits per heavy atom. The third-order valence-electron chi connectivity index (χ3n) is 0. The van der Waals surface area contributed by atoms with Crippen molar-refractivity contribution in [3.8, 4) is 0 Å². The van der Waals surface area contributed by atoms with E-state index >= 15 is 0 Å². The average Bonchev–Trinajstić information content (AvgIpc) is 0. The van der Waals surface area contributed by atoms with Crippen LogP contribution < -0.4 is 24.8 Å². The maximum atomic E-state index is 0. The summed E-state index contributed by atoms with van der Waals surface area (Å²) >= 11 is 0. The standard InChI is InChI=1S/2ClH.6H2N.Ru/h2*1H;6*1H2;/q;;6*-1;+8/p-2.